The molecule has 0 radical (unpaired) electrons. The van der Waals surface area contributed by atoms with Gasteiger partial charge in [0.05, 0.1) is 19.4 Å². The number of nitrogens with one attached hydrogen (secondary N) is 1. The van der Waals surface area contributed by atoms with Crippen molar-refractivity contribution in [2.24, 2.45) is 0 Å². The van der Waals surface area contributed by atoms with E-state index in [0.29, 0.717) is 23.8 Å². The Morgan fingerprint density at radius 1 is 1.21 bits per heavy atom. The lowest BCUT2D eigenvalue weighted by Crippen LogP contribution is -2.07. The van der Waals surface area contributed by atoms with E-state index in [4.69, 9.17) is 9.47 Å². The minimum Gasteiger partial charge on any atom is -0.506 e. The summed E-state index contributed by atoms with van der Waals surface area (Å²) in [6.07, 6.45) is 3.06. The summed E-state index contributed by atoms with van der Waals surface area (Å²) in [5.41, 5.74) is 2.10. The van der Waals surface area contributed by atoms with Crippen LogP contribution in [0.5, 0.6) is 17.2 Å². The lowest BCUT2D eigenvalue weighted by Gasteiger charge is -2.09. The van der Waals surface area contributed by atoms with Crippen molar-refractivity contribution in [1.29, 1.82) is 0 Å². The largest absolute Gasteiger partial charge is 0.506 e. The van der Waals surface area contributed by atoms with E-state index in [2.05, 4.69) is 5.32 Å². The molecule has 0 saturated carbocycles. The van der Waals surface area contributed by atoms with Gasteiger partial charge in [-0.05, 0) is 55.3 Å². The minimum atomic E-state index is -0.331. The number of carbonyl (C=O) groups is 1. The van der Waals surface area contributed by atoms with Crippen LogP contribution in [-0.4, -0.2) is 24.7 Å². The van der Waals surface area contributed by atoms with Gasteiger partial charge >= 0.3 is 0 Å². The highest BCUT2D eigenvalue weighted by Gasteiger charge is 2.06. The molecule has 2 rings (SSSR count). The van der Waals surface area contributed by atoms with Gasteiger partial charge < -0.3 is 19.9 Å². The summed E-state index contributed by atoms with van der Waals surface area (Å²) < 4.78 is 10.7. The molecule has 0 aliphatic rings. The van der Waals surface area contributed by atoms with Gasteiger partial charge in [-0.15, -0.1) is 0 Å². The molecular weight excluding hydrogens is 306 g/mol. The third-order valence-electron chi connectivity index (χ3n) is 3.33. The maximum Gasteiger partial charge on any atom is 0.248 e. The Balaban J connectivity index is 2.08. The summed E-state index contributed by atoms with van der Waals surface area (Å²) in [4.78, 5) is 12.0. The van der Waals surface area contributed by atoms with Crippen LogP contribution in [0, 0.1) is 6.92 Å². The molecule has 0 fully saturated rings. The average molecular weight is 327 g/mol. The number of rotatable bonds is 6. The van der Waals surface area contributed by atoms with Crippen LogP contribution in [0.2, 0.25) is 0 Å². The first-order valence-electron chi connectivity index (χ1n) is 7.63. The van der Waals surface area contributed by atoms with Crippen molar-refractivity contribution in [3.05, 3.63) is 53.6 Å². The van der Waals surface area contributed by atoms with Gasteiger partial charge in [0.1, 0.15) is 5.75 Å². The third-order valence-corrected chi connectivity index (χ3v) is 3.33. The van der Waals surface area contributed by atoms with Crippen LogP contribution in [0.25, 0.3) is 6.08 Å². The van der Waals surface area contributed by atoms with E-state index < -0.39 is 0 Å². The zero-order valence-electron chi connectivity index (χ0n) is 14.0. The standard InChI is InChI=1S/C19H21NO4/c1-4-24-17-9-6-14(12-18(17)23-3)7-10-19(22)20-15-8-5-13(2)11-16(15)21/h5-12,21H,4H2,1-3H3,(H,20,22)/b10-7+. The van der Waals surface area contributed by atoms with Gasteiger partial charge in [-0.25, -0.2) is 0 Å². The molecule has 0 aromatic heterocycles. The normalized spacial score (nSPS) is 10.6. The molecule has 1 amide bonds. The van der Waals surface area contributed by atoms with Crippen LogP contribution in [0.15, 0.2) is 42.5 Å². The fraction of sp³-hybridized carbons (Fsp3) is 0.211. The van der Waals surface area contributed by atoms with Crippen molar-refractivity contribution in [3.63, 3.8) is 0 Å². The molecule has 5 heteroatoms. The van der Waals surface area contributed by atoms with Crippen LogP contribution in [0.4, 0.5) is 5.69 Å². The summed E-state index contributed by atoms with van der Waals surface area (Å²) >= 11 is 0. The number of methoxy groups -OCH3 is 1. The topological polar surface area (TPSA) is 67.8 Å². The van der Waals surface area contributed by atoms with E-state index >= 15 is 0 Å². The molecule has 0 heterocycles. The highest BCUT2D eigenvalue weighted by molar-refractivity contribution is 6.02. The number of anilines is 1. The van der Waals surface area contributed by atoms with E-state index in [1.54, 1.807) is 37.5 Å². The van der Waals surface area contributed by atoms with E-state index in [-0.39, 0.29) is 11.7 Å². The Hall–Kier alpha value is -2.95. The fourth-order valence-corrected chi connectivity index (χ4v) is 2.16. The smallest absolute Gasteiger partial charge is 0.248 e. The van der Waals surface area contributed by atoms with Gasteiger partial charge in [-0.2, -0.15) is 0 Å². The second kappa shape index (κ2) is 8.06. The molecule has 2 N–H and O–H groups in total. The molecule has 0 unspecified atom stereocenters. The van der Waals surface area contributed by atoms with Gasteiger partial charge in [-0.1, -0.05) is 12.1 Å². The van der Waals surface area contributed by atoms with Crippen molar-refractivity contribution >= 4 is 17.7 Å². The first kappa shape index (κ1) is 17.4. The van der Waals surface area contributed by atoms with E-state index in [1.807, 2.05) is 26.0 Å². The van der Waals surface area contributed by atoms with Gasteiger partial charge in [0.2, 0.25) is 5.91 Å². The first-order chi connectivity index (χ1) is 11.5. The molecule has 2 aromatic carbocycles. The zero-order chi connectivity index (χ0) is 17.5. The van der Waals surface area contributed by atoms with Crippen LogP contribution in [0.3, 0.4) is 0 Å². The van der Waals surface area contributed by atoms with Crippen molar-refractivity contribution in [2.45, 2.75) is 13.8 Å². The van der Waals surface area contributed by atoms with Crippen molar-refractivity contribution in [2.75, 3.05) is 19.0 Å². The molecule has 0 spiro atoms. The van der Waals surface area contributed by atoms with E-state index in [1.165, 1.54) is 6.08 Å². The van der Waals surface area contributed by atoms with Gasteiger partial charge in [0, 0.05) is 6.08 Å². The van der Waals surface area contributed by atoms with Gasteiger partial charge in [0.15, 0.2) is 11.5 Å². The number of phenolic OH excluding ortho intramolecular Hbond substituents is 1. The lowest BCUT2D eigenvalue weighted by molar-refractivity contribution is -0.111. The summed E-state index contributed by atoms with van der Waals surface area (Å²) in [6, 6.07) is 10.5. The summed E-state index contributed by atoms with van der Waals surface area (Å²) in [5.74, 6) is 0.975. The number of carbonyl (C=O) groups excluding carboxylic acids is 1. The Kier molecular flexibility index (Phi) is 5.84. The van der Waals surface area contributed by atoms with Gasteiger partial charge in [-0.3, -0.25) is 4.79 Å². The van der Waals surface area contributed by atoms with E-state index in [9.17, 15) is 9.90 Å². The number of aryl methyl sites for hydroxylation is 1. The quantitative estimate of drug-likeness (QED) is 0.626. The maximum absolute atomic E-state index is 12.0. The van der Waals surface area contributed by atoms with Crippen molar-refractivity contribution in [1.82, 2.24) is 0 Å². The Morgan fingerprint density at radius 3 is 2.67 bits per heavy atom. The molecule has 0 saturated heterocycles. The molecule has 0 aliphatic carbocycles. The molecular formula is C19H21NO4. The predicted molar refractivity (Wildman–Crippen MR) is 94.7 cm³/mol. The number of hydrogen-bond acceptors (Lipinski definition) is 4. The van der Waals surface area contributed by atoms with Crippen molar-refractivity contribution < 1.29 is 19.4 Å². The Morgan fingerprint density at radius 2 is 2.00 bits per heavy atom. The Bertz CT molecular complexity index is 753. The first-order valence-corrected chi connectivity index (χ1v) is 7.63. The monoisotopic (exact) mass is 327 g/mol. The van der Waals surface area contributed by atoms with Crippen LogP contribution in [-0.2, 0) is 4.79 Å². The summed E-state index contributed by atoms with van der Waals surface area (Å²) in [7, 11) is 1.57. The molecule has 126 valence electrons. The van der Waals surface area contributed by atoms with Crippen LogP contribution >= 0.6 is 0 Å². The zero-order valence-corrected chi connectivity index (χ0v) is 14.0. The van der Waals surface area contributed by atoms with Crippen LogP contribution in [0.1, 0.15) is 18.1 Å². The third kappa shape index (κ3) is 4.52. The lowest BCUT2D eigenvalue weighted by atomic mass is 10.2. The molecule has 0 bridgehead atoms. The number of ether oxygens (including phenoxy) is 2. The van der Waals surface area contributed by atoms with Gasteiger partial charge in [0.25, 0.3) is 0 Å². The Labute approximate surface area is 141 Å². The summed E-state index contributed by atoms with van der Waals surface area (Å²) in [6.45, 7) is 4.32. The summed E-state index contributed by atoms with van der Waals surface area (Å²) in [5, 5.41) is 12.4. The van der Waals surface area contributed by atoms with Crippen LogP contribution < -0.4 is 14.8 Å². The number of benzene rings is 2. The predicted octanol–water partition coefficient (Wildman–Crippen LogP) is 3.76. The molecule has 0 atom stereocenters. The second-order valence-corrected chi connectivity index (χ2v) is 5.19. The van der Waals surface area contributed by atoms with Crippen molar-refractivity contribution in [3.8, 4) is 17.2 Å². The number of amides is 1. The fourth-order valence-electron chi connectivity index (χ4n) is 2.16. The van der Waals surface area contributed by atoms with E-state index in [0.717, 1.165) is 11.1 Å². The molecule has 24 heavy (non-hydrogen) atoms. The highest BCUT2D eigenvalue weighted by atomic mass is 16.5. The molecule has 5 nitrogen and oxygen atoms in total. The molecule has 2 aromatic rings. The number of hydrogen-bond donors (Lipinski definition) is 2. The number of phenols is 1. The maximum atomic E-state index is 12.0. The minimum absolute atomic E-state index is 0.0412. The number of aromatic hydroxyl groups is 1. The second-order valence-electron chi connectivity index (χ2n) is 5.19. The SMILES string of the molecule is CCOc1ccc(/C=C/C(=O)Nc2ccc(C)cc2O)cc1OC. The highest BCUT2D eigenvalue weighted by Crippen LogP contribution is 2.28. The molecule has 0 aliphatic heterocycles. The average Bonchev–Trinajstić information content (AvgIpc) is 2.56.